The van der Waals surface area contributed by atoms with E-state index in [0.717, 1.165) is 30.4 Å². The Morgan fingerprint density at radius 3 is 2.86 bits per heavy atom. The van der Waals surface area contributed by atoms with Gasteiger partial charge in [0.25, 0.3) is 0 Å². The van der Waals surface area contributed by atoms with Crippen molar-refractivity contribution in [2.24, 2.45) is 17.3 Å². The van der Waals surface area contributed by atoms with E-state index in [9.17, 15) is 5.11 Å². The fourth-order valence-corrected chi connectivity index (χ4v) is 4.84. The summed E-state index contributed by atoms with van der Waals surface area (Å²) < 4.78 is 17.0. The normalized spacial score (nSPS) is 25.6. The summed E-state index contributed by atoms with van der Waals surface area (Å²) >= 11 is 0. The van der Waals surface area contributed by atoms with Gasteiger partial charge < -0.3 is 24.6 Å². The van der Waals surface area contributed by atoms with E-state index in [-0.39, 0.29) is 0 Å². The molecule has 1 saturated carbocycles. The molecule has 1 fully saturated rings. The van der Waals surface area contributed by atoms with Crippen LogP contribution in [0, 0.1) is 17.3 Å². The molecule has 1 aliphatic heterocycles. The van der Waals surface area contributed by atoms with Gasteiger partial charge in [0.15, 0.2) is 11.5 Å². The van der Waals surface area contributed by atoms with Gasteiger partial charge in [-0.3, -0.25) is 0 Å². The summed E-state index contributed by atoms with van der Waals surface area (Å²) in [6.07, 6.45) is 5.40. The van der Waals surface area contributed by atoms with Crippen LogP contribution in [0.25, 0.3) is 0 Å². The Bertz CT molecular complexity index is 715. The van der Waals surface area contributed by atoms with Crippen LogP contribution in [0.1, 0.15) is 32.3 Å². The van der Waals surface area contributed by atoms with Crippen LogP contribution in [0.2, 0.25) is 0 Å². The molecule has 1 heterocycles. The first-order chi connectivity index (χ1) is 13.5. The molecule has 5 nitrogen and oxygen atoms in total. The molecule has 0 amide bonds. The molecule has 3 aliphatic carbocycles. The Morgan fingerprint density at radius 1 is 1.25 bits per heavy atom. The number of aliphatic hydroxyl groups excluding tert-OH is 1. The number of benzene rings is 1. The van der Waals surface area contributed by atoms with Gasteiger partial charge in [-0.25, -0.2) is 0 Å². The van der Waals surface area contributed by atoms with Crippen molar-refractivity contribution in [3.8, 4) is 11.5 Å². The lowest BCUT2D eigenvalue weighted by Crippen LogP contribution is -2.87. The maximum Gasteiger partial charge on any atom is 0.161 e. The lowest BCUT2D eigenvalue weighted by molar-refractivity contribution is -0.660. The number of rotatable bonds is 9. The van der Waals surface area contributed by atoms with Crippen LogP contribution in [0.3, 0.4) is 0 Å². The van der Waals surface area contributed by atoms with E-state index in [1.807, 2.05) is 6.07 Å². The summed E-state index contributed by atoms with van der Waals surface area (Å²) in [5.41, 5.74) is 3.12. The molecular formula is C23H34NO4+. The maximum absolute atomic E-state index is 10.2. The van der Waals surface area contributed by atoms with Crippen molar-refractivity contribution in [3.05, 3.63) is 35.4 Å². The Labute approximate surface area is 168 Å². The Kier molecular flexibility index (Phi) is 5.95. The molecule has 28 heavy (non-hydrogen) atoms. The average Bonchev–Trinajstić information content (AvgIpc) is 2.71. The summed E-state index contributed by atoms with van der Waals surface area (Å²) in [4.78, 5) is 0. The first-order valence-electron chi connectivity index (χ1n) is 10.7. The van der Waals surface area contributed by atoms with Gasteiger partial charge in [-0.2, -0.15) is 0 Å². The zero-order valence-electron chi connectivity index (χ0n) is 17.2. The highest BCUT2D eigenvalue weighted by Gasteiger charge is 2.50. The highest BCUT2D eigenvalue weighted by molar-refractivity contribution is 5.43. The van der Waals surface area contributed by atoms with Crippen LogP contribution in [0.15, 0.2) is 29.8 Å². The minimum atomic E-state index is -0.424. The predicted octanol–water partition coefficient (Wildman–Crippen LogP) is 1.93. The fraction of sp³-hybridized carbons (Fsp3) is 0.652. The largest absolute Gasteiger partial charge is 0.486 e. The Balaban J connectivity index is 1.11. The number of fused-ring (bicyclic) bond motifs is 2. The molecule has 5 rings (SSSR count). The molecule has 0 spiro atoms. The van der Waals surface area contributed by atoms with Gasteiger partial charge in [0, 0.05) is 6.42 Å². The van der Waals surface area contributed by atoms with Crippen LogP contribution in [0.5, 0.6) is 11.5 Å². The second kappa shape index (κ2) is 8.44. The summed E-state index contributed by atoms with van der Waals surface area (Å²) in [6.45, 7) is 8.68. The predicted molar refractivity (Wildman–Crippen MR) is 108 cm³/mol. The number of hydrogen-bond donors (Lipinski definition) is 2. The SMILES string of the molecule is CC1(C)[C@H]2CC=C(COC[C@H](O)C[NH2+]CCc3ccc4c(c3)OCCO4)[C@@H]1C2. The highest BCUT2D eigenvalue weighted by atomic mass is 16.6. The third-order valence-corrected chi connectivity index (χ3v) is 6.84. The zero-order chi connectivity index (χ0) is 19.6. The molecule has 3 atom stereocenters. The second-order valence-electron chi connectivity index (χ2n) is 9.03. The molecule has 0 aromatic heterocycles. The molecule has 0 unspecified atom stereocenters. The van der Waals surface area contributed by atoms with Crippen LogP contribution in [-0.2, 0) is 11.2 Å². The average molecular weight is 389 g/mol. The van der Waals surface area contributed by atoms with Gasteiger partial charge >= 0.3 is 0 Å². The van der Waals surface area contributed by atoms with E-state index in [0.29, 0.717) is 44.3 Å². The van der Waals surface area contributed by atoms with Crippen molar-refractivity contribution in [1.82, 2.24) is 0 Å². The van der Waals surface area contributed by atoms with Gasteiger partial charge in [-0.1, -0.05) is 26.0 Å². The number of nitrogens with two attached hydrogens (primary N) is 1. The summed E-state index contributed by atoms with van der Waals surface area (Å²) in [5.74, 6) is 3.22. The number of ether oxygens (including phenoxy) is 3. The molecule has 2 bridgehead atoms. The smallest absolute Gasteiger partial charge is 0.161 e. The topological polar surface area (TPSA) is 64.5 Å². The van der Waals surface area contributed by atoms with E-state index < -0.39 is 6.10 Å². The number of allylic oxidation sites excluding steroid dienone is 1. The third-order valence-electron chi connectivity index (χ3n) is 6.84. The van der Waals surface area contributed by atoms with E-state index in [1.165, 1.54) is 24.0 Å². The Hall–Kier alpha value is -1.56. The van der Waals surface area contributed by atoms with Gasteiger partial charge in [0.2, 0.25) is 0 Å². The van der Waals surface area contributed by atoms with Gasteiger partial charge in [0.05, 0.1) is 19.8 Å². The molecule has 5 heteroatoms. The Morgan fingerprint density at radius 2 is 2.07 bits per heavy atom. The minimum Gasteiger partial charge on any atom is -0.486 e. The van der Waals surface area contributed by atoms with E-state index >= 15 is 0 Å². The number of hydrogen-bond acceptors (Lipinski definition) is 4. The minimum absolute atomic E-state index is 0.411. The third kappa shape index (κ3) is 4.22. The van der Waals surface area contributed by atoms with Crippen LogP contribution in [0.4, 0.5) is 0 Å². The molecule has 1 aromatic carbocycles. The second-order valence-corrected chi connectivity index (χ2v) is 9.03. The van der Waals surface area contributed by atoms with Crippen LogP contribution in [-0.4, -0.2) is 50.7 Å². The molecule has 154 valence electrons. The highest BCUT2D eigenvalue weighted by Crippen LogP contribution is 2.59. The molecular weight excluding hydrogens is 354 g/mol. The molecule has 3 N–H and O–H groups in total. The van der Waals surface area contributed by atoms with Crippen molar-refractivity contribution in [1.29, 1.82) is 0 Å². The monoisotopic (exact) mass is 388 g/mol. The first kappa shape index (κ1) is 19.7. The van der Waals surface area contributed by atoms with E-state index in [1.54, 1.807) is 0 Å². The molecule has 0 saturated heterocycles. The van der Waals surface area contributed by atoms with Crippen LogP contribution >= 0.6 is 0 Å². The molecule has 4 aliphatic rings. The zero-order valence-corrected chi connectivity index (χ0v) is 17.2. The fourth-order valence-electron chi connectivity index (χ4n) is 4.84. The molecule has 0 radical (unpaired) electrons. The summed E-state index contributed by atoms with van der Waals surface area (Å²) in [6, 6.07) is 6.13. The van der Waals surface area contributed by atoms with Crippen molar-refractivity contribution in [3.63, 3.8) is 0 Å². The van der Waals surface area contributed by atoms with Crippen molar-refractivity contribution < 1.29 is 24.6 Å². The quantitative estimate of drug-likeness (QED) is 0.501. The number of aliphatic hydroxyl groups is 1. The maximum atomic E-state index is 10.2. The van der Waals surface area contributed by atoms with Crippen molar-refractivity contribution in [2.75, 3.05) is 39.5 Å². The van der Waals surface area contributed by atoms with Crippen molar-refractivity contribution >= 4 is 0 Å². The van der Waals surface area contributed by atoms with E-state index in [4.69, 9.17) is 14.2 Å². The summed E-state index contributed by atoms with van der Waals surface area (Å²) in [7, 11) is 0. The summed E-state index contributed by atoms with van der Waals surface area (Å²) in [5, 5.41) is 12.4. The lowest BCUT2D eigenvalue weighted by Gasteiger charge is -2.56. The van der Waals surface area contributed by atoms with Crippen LogP contribution < -0.4 is 14.8 Å². The van der Waals surface area contributed by atoms with Gasteiger partial charge in [0.1, 0.15) is 25.9 Å². The first-order valence-corrected chi connectivity index (χ1v) is 10.7. The van der Waals surface area contributed by atoms with Gasteiger partial charge in [-0.15, -0.1) is 0 Å². The molecule has 1 aromatic rings. The lowest BCUT2D eigenvalue weighted by atomic mass is 9.49. The standard InChI is InChI=1S/C23H33NO4/c1-23(2)18-5-4-17(20(23)12-18)14-26-15-19(25)13-24-8-7-16-3-6-21-22(11-16)28-10-9-27-21/h3-4,6,11,18-20,24-25H,5,7-10,12-15H2,1-2H3/p+1/t18-,19+,20-/m0/s1. The number of quaternary nitrogens is 1. The van der Waals surface area contributed by atoms with Gasteiger partial charge in [-0.05, 0) is 53.4 Å². The van der Waals surface area contributed by atoms with Crippen molar-refractivity contribution in [2.45, 2.75) is 39.2 Å². The van der Waals surface area contributed by atoms with E-state index in [2.05, 4.69) is 37.4 Å².